The second kappa shape index (κ2) is 4.49. The van der Waals surface area contributed by atoms with Crippen molar-refractivity contribution in [2.24, 2.45) is 0 Å². The van der Waals surface area contributed by atoms with Gasteiger partial charge in [0, 0.05) is 0 Å². The molecule has 0 amide bonds. The number of aromatic nitrogens is 3. The second-order valence-electron chi connectivity index (χ2n) is 3.67. The third-order valence-corrected chi connectivity index (χ3v) is 2.80. The van der Waals surface area contributed by atoms with Gasteiger partial charge < -0.3 is 5.43 Å². The number of hydrogen-bond acceptors (Lipinski definition) is 3. The van der Waals surface area contributed by atoms with E-state index in [0.717, 1.165) is 12.4 Å². The molecule has 4 nitrogen and oxygen atoms in total. The van der Waals surface area contributed by atoms with Crippen molar-refractivity contribution in [3.8, 4) is 0 Å². The molecule has 16 heavy (non-hydrogen) atoms. The molecule has 0 aliphatic heterocycles. The summed E-state index contributed by atoms with van der Waals surface area (Å²) in [6.07, 6.45) is 0. The maximum Gasteiger partial charge on any atom is 0.214 e. The molecule has 2 aromatic rings. The zero-order valence-electron chi connectivity index (χ0n) is 9.32. The SMILES string of the molecule is Cc1ccccc1CNn1c(C)n[nH]c1=S. The van der Waals surface area contributed by atoms with E-state index >= 15 is 0 Å². The lowest BCUT2D eigenvalue weighted by molar-refractivity contribution is 0.791. The Hall–Kier alpha value is -1.62. The third-order valence-electron chi connectivity index (χ3n) is 2.53. The normalized spacial score (nSPS) is 10.4. The van der Waals surface area contributed by atoms with Crippen LogP contribution < -0.4 is 5.43 Å². The second-order valence-corrected chi connectivity index (χ2v) is 4.06. The lowest BCUT2D eigenvalue weighted by atomic mass is 10.1. The van der Waals surface area contributed by atoms with Crippen molar-refractivity contribution in [2.75, 3.05) is 5.43 Å². The first-order valence-electron chi connectivity index (χ1n) is 5.11. The smallest absolute Gasteiger partial charge is 0.214 e. The van der Waals surface area contributed by atoms with Crippen LogP contribution in [0.4, 0.5) is 0 Å². The van der Waals surface area contributed by atoms with Crippen LogP contribution in [0.25, 0.3) is 0 Å². The summed E-state index contributed by atoms with van der Waals surface area (Å²) in [6.45, 7) is 4.73. The zero-order chi connectivity index (χ0) is 11.5. The molecule has 0 aliphatic rings. The molecule has 0 radical (unpaired) electrons. The van der Waals surface area contributed by atoms with Crippen molar-refractivity contribution >= 4 is 12.2 Å². The van der Waals surface area contributed by atoms with Gasteiger partial charge in [-0.05, 0) is 37.2 Å². The van der Waals surface area contributed by atoms with E-state index in [0.29, 0.717) is 4.77 Å². The number of aromatic amines is 1. The fourth-order valence-electron chi connectivity index (χ4n) is 1.53. The molecule has 0 aliphatic carbocycles. The molecule has 1 aromatic heterocycles. The molecule has 0 bridgehead atoms. The fraction of sp³-hybridized carbons (Fsp3) is 0.273. The number of nitrogens with zero attached hydrogens (tertiary/aromatic N) is 2. The van der Waals surface area contributed by atoms with Crippen LogP contribution in [0.1, 0.15) is 17.0 Å². The van der Waals surface area contributed by atoms with Gasteiger partial charge in [0.2, 0.25) is 4.77 Å². The van der Waals surface area contributed by atoms with Crippen molar-refractivity contribution in [3.63, 3.8) is 0 Å². The van der Waals surface area contributed by atoms with Gasteiger partial charge in [-0.2, -0.15) is 5.10 Å². The molecule has 0 unspecified atom stereocenters. The van der Waals surface area contributed by atoms with Gasteiger partial charge in [0.1, 0.15) is 5.82 Å². The van der Waals surface area contributed by atoms with Crippen LogP contribution in [0.3, 0.4) is 0 Å². The van der Waals surface area contributed by atoms with Crippen LogP contribution in [-0.2, 0) is 6.54 Å². The number of nitrogens with one attached hydrogen (secondary N) is 2. The summed E-state index contributed by atoms with van der Waals surface area (Å²) in [5, 5.41) is 6.78. The molecular formula is C11H14N4S. The minimum atomic E-state index is 0.589. The van der Waals surface area contributed by atoms with Gasteiger partial charge in [-0.25, -0.2) is 4.68 Å². The van der Waals surface area contributed by atoms with E-state index in [1.807, 2.05) is 19.1 Å². The van der Waals surface area contributed by atoms with Gasteiger partial charge in [-0.3, -0.25) is 5.10 Å². The highest BCUT2D eigenvalue weighted by Gasteiger charge is 2.01. The first-order chi connectivity index (χ1) is 7.68. The summed E-state index contributed by atoms with van der Waals surface area (Å²) in [5.41, 5.74) is 5.76. The van der Waals surface area contributed by atoms with Crippen molar-refractivity contribution in [1.82, 2.24) is 14.9 Å². The maximum absolute atomic E-state index is 5.10. The topological polar surface area (TPSA) is 45.6 Å². The fourth-order valence-corrected chi connectivity index (χ4v) is 1.78. The Morgan fingerprint density at radius 1 is 1.38 bits per heavy atom. The van der Waals surface area contributed by atoms with E-state index in [1.165, 1.54) is 11.1 Å². The highest BCUT2D eigenvalue weighted by atomic mass is 32.1. The molecule has 1 heterocycles. The van der Waals surface area contributed by atoms with Gasteiger partial charge in [-0.15, -0.1) is 0 Å². The van der Waals surface area contributed by atoms with Crippen LogP contribution >= 0.6 is 12.2 Å². The van der Waals surface area contributed by atoms with Crippen molar-refractivity contribution in [2.45, 2.75) is 20.4 Å². The minimum absolute atomic E-state index is 0.589. The molecule has 0 fully saturated rings. The van der Waals surface area contributed by atoms with Crippen molar-refractivity contribution in [3.05, 3.63) is 46.0 Å². The monoisotopic (exact) mass is 234 g/mol. The minimum Gasteiger partial charge on any atom is -0.318 e. The average Bonchev–Trinajstić information content (AvgIpc) is 2.58. The Bertz CT molecular complexity index is 541. The highest BCUT2D eigenvalue weighted by molar-refractivity contribution is 7.71. The van der Waals surface area contributed by atoms with E-state index < -0.39 is 0 Å². The third kappa shape index (κ3) is 2.14. The zero-order valence-corrected chi connectivity index (χ0v) is 10.1. The molecular weight excluding hydrogens is 220 g/mol. The van der Waals surface area contributed by atoms with Crippen LogP contribution in [0.5, 0.6) is 0 Å². The number of hydrogen-bond donors (Lipinski definition) is 2. The maximum atomic E-state index is 5.10. The first kappa shape index (κ1) is 10.9. The Labute approximate surface area is 99.3 Å². The molecule has 2 N–H and O–H groups in total. The Kier molecular flexibility index (Phi) is 3.05. The average molecular weight is 234 g/mol. The van der Waals surface area contributed by atoms with Crippen LogP contribution in [-0.4, -0.2) is 14.9 Å². The van der Waals surface area contributed by atoms with Crippen LogP contribution in [0, 0.1) is 18.6 Å². The standard InChI is InChI=1S/C11H14N4S/c1-8-5-3-4-6-10(8)7-12-15-9(2)13-14-11(15)16/h3-6,12H,7H2,1-2H3,(H,14,16). The summed E-state index contributed by atoms with van der Waals surface area (Å²) in [4.78, 5) is 0. The van der Waals surface area contributed by atoms with E-state index in [9.17, 15) is 0 Å². The largest absolute Gasteiger partial charge is 0.318 e. The lowest BCUT2D eigenvalue weighted by Crippen LogP contribution is -2.16. The van der Waals surface area contributed by atoms with Gasteiger partial charge in [0.15, 0.2) is 0 Å². The van der Waals surface area contributed by atoms with Crippen molar-refractivity contribution in [1.29, 1.82) is 0 Å². The number of benzene rings is 1. The van der Waals surface area contributed by atoms with Gasteiger partial charge in [0.05, 0.1) is 6.54 Å². The van der Waals surface area contributed by atoms with E-state index in [-0.39, 0.29) is 0 Å². The molecule has 5 heteroatoms. The molecule has 0 saturated carbocycles. The summed E-state index contributed by atoms with van der Waals surface area (Å²) >= 11 is 5.10. The first-order valence-corrected chi connectivity index (χ1v) is 5.51. The van der Waals surface area contributed by atoms with E-state index in [1.54, 1.807) is 4.68 Å². The summed E-state index contributed by atoms with van der Waals surface area (Å²) in [5.74, 6) is 0.832. The van der Waals surface area contributed by atoms with Gasteiger partial charge in [-0.1, -0.05) is 24.3 Å². The molecule has 1 aromatic carbocycles. The lowest BCUT2D eigenvalue weighted by Gasteiger charge is -2.09. The van der Waals surface area contributed by atoms with E-state index in [2.05, 4.69) is 34.7 Å². The Balaban J connectivity index is 2.14. The van der Waals surface area contributed by atoms with Crippen LogP contribution in [0.2, 0.25) is 0 Å². The quantitative estimate of drug-likeness (QED) is 0.801. The van der Waals surface area contributed by atoms with Crippen LogP contribution in [0.15, 0.2) is 24.3 Å². The Morgan fingerprint density at radius 2 is 2.12 bits per heavy atom. The molecule has 0 saturated heterocycles. The van der Waals surface area contributed by atoms with Gasteiger partial charge in [0.25, 0.3) is 0 Å². The summed E-state index contributed by atoms with van der Waals surface area (Å²) in [7, 11) is 0. The number of rotatable bonds is 3. The number of H-pyrrole nitrogens is 1. The molecule has 0 spiro atoms. The number of aryl methyl sites for hydroxylation is 2. The summed E-state index contributed by atoms with van der Waals surface area (Å²) < 4.78 is 2.37. The van der Waals surface area contributed by atoms with Crippen molar-refractivity contribution < 1.29 is 0 Å². The highest BCUT2D eigenvalue weighted by Crippen LogP contribution is 2.07. The van der Waals surface area contributed by atoms with E-state index in [4.69, 9.17) is 12.2 Å². The predicted molar refractivity (Wildman–Crippen MR) is 66.4 cm³/mol. The molecule has 84 valence electrons. The molecule has 0 atom stereocenters. The summed E-state index contributed by atoms with van der Waals surface area (Å²) in [6, 6.07) is 8.26. The Morgan fingerprint density at radius 3 is 2.75 bits per heavy atom. The van der Waals surface area contributed by atoms with Gasteiger partial charge >= 0.3 is 0 Å². The molecule has 2 rings (SSSR count). The predicted octanol–water partition coefficient (Wildman–Crippen LogP) is 2.30.